The van der Waals surface area contributed by atoms with Crippen molar-refractivity contribution in [1.82, 2.24) is 0 Å². The summed E-state index contributed by atoms with van der Waals surface area (Å²) in [6.45, 7) is 6.65. The van der Waals surface area contributed by atoms with E-state index in [1.54, 1.807) is 0 Å². The summed E-state index contributed by atoms with van der Waals surface area (Å²) in [5, 5.41) is 11.1. The molecule has 2 bridgehead atoms. The molecule has 0 radical (unpaired) electrons. The zero-order chi connectivity index (χ0) is 16.1. The van der Waals surface area contributed by atoms with Gasteiger partial charge in [-0.05, 0) is 0 Å². The molecule has 115 valence electrons. The number of carbonyl (C=O) groups is 1. The zero-order valence-corrected chi connectivity index (χ0v) is 19.4. The maximum absolute atomic E-state index is 12.7. The zero-order valence-electron chi connectivity index (χ0n) is 13.9. The van der Waals surface area contributed by atoms with E-state index < -0.39 is 6.10 Å². The van der Waals surface area contributed by atoms with E-state index in [-0.39, 0.29) is 14.6 Å². The van der Waals surface area contributed by atoms with E-state index in [4.69, 9.17) is 0 Å². The van der Waals surface area contributed by atoms with Gasteiger partial charge in [0.1, 0.15) is 0 Å². The number of aliphatic hydroxyl groups excluding tert-OH is 1. The molecule has 4 rings (SSSR count). The van der Waals surface area contributed by atoms with Crippen LogP contribution in [0.2, 0.25) is 2.92 Å². The summed E-state index contributed by atoms with van der Waals surface area (Å²) < 4.78 is 0.0576. The Labute approximate surface area is 149 Å². The van der Waals surface area contributed by atoms with Crippen LogP contribution in [0.25, 0.3) is 0 Å². The first-order valence-electron chi connectivity index (χ1n) is 8.41. The molecule has 3 fully saturated rings. The monoisotopic (exact) mass is 487 g/mol. The van der Waals surface area contributed by atoms with Crippen molar-refractivity contribution in [2.45, 2.75) is 49.1 Å². The molecule has 0 spiro atoms. The van der Waals surface area contributed by atoms with Gasteiger partial charge in [0, 0.05) is 0 Å². The molecular formula is C19H25HgO2. The van der Waals surface area contributed by atoms with Crippen LogP contribution in [-0.2, 0) is 26.1 Å². The number of fused-ring (bicyclic) bond motifs is 2. The Morgan fingerprint density at radius 3 is 2.50 bits per heavy atom. The van der Waals surface area contributed by atoms with Gasteiger partial charge in [-0.2, -0.15) is 0 Å². The molecule has 1 aromatic rings. The topological polar surface area (TPSA) is 37.3 Å². The van der Waals surface area contributed by atoms with Crippen LogP contribution < -0.4 is 0 Å². The van der Waals surface area contributed by atoms with Crippen molar-refractivity contribution >= 4 is 5.78 Å². The summed E-state index contributed by atoms with van der Waals surface area (Å²) >= 11 is 0.464. The number of ketones is 1. The molecule has 0 amide bonds. The van der Waals surface area contributed by atoms with Crippen molar-refractivity contribution in [1.29, 1.82) is 0 Å². The number of aliphatic hydroxyl groups is 1. The van der Waals surface area contributed by atoms with Crippen molar-refractivity contribution < 1.29 is 36.0 Å². The molecule has 0 aliphatic heterocycles. The molecule has 0 heterocycles. The number of hydrogen-bond donors (Lipinski definition) is 1. The van der Waals surface area contributed by atoms with Crippen LogP contribution >= 0.6 is 0 Å². The Bertz CT molecular complexity index is 566. The Morgan fingerprint density at radius 2 is 1.95 bits per heavy atom. The molecule has 0 aromatic heterocycles. The Morgan fingerprint density at radius 1 is 1.32 bits per heavy atom. The van der Waals surface area contributed by atoms with Gasteiger partial charge in [0.15, 0.2) is 0 Å². The molecule has 2 nitrogen and oxygen atoms in total. The molecule has 22 heavy (non-hydrogen) atoms. The second-order valence-electron chi connectivity index (χ2n) is 8.04. The van der Waals surface area contributed by atoms with Crippen LogP contribution in [0.1, 0.15) is 50.4 Å². The van der Waals surface area contributed by atoms with Crippen LogP contribution in [0.4, 0.5) is 0 Å². The van der Waals surface area contributed by atoms with Crippen molar-refractivity contribution in [3.8, 4) is 0 Å². The van der Waals surface area contributed by atoms with Gasteiger partial charge in [-0.15, -0.1) is 0 Å². The van der Waals surface area contributed by atoms with E-state index in [9.17, 15) is 9.90 Å². The summed E-state index contributed by atoms with van der Waals surface area (Å²) in [6, 6.07) is 9.44. The summed E-state index contributed by atoms with van der Waals surface area (Å²) in [6.07, 6.45) is 3.15. The van der Waals surface area contributed by atoms with Gasteiger partial charge in [0.05, 0.1) is 0 Å². The van der Waals surface area contributed by atoms with Gasteiger partial charge in [0.25, 0.3) is 0 Å². The van der Waals surface area contributed by atoms with Crippen molar-refractivity contribution in [3.05, 3.63) is 35.9 Å². The van der Waals surface area contributed by atoms with Crippen LogP contribution in [0.3, 0.4) is 0 Å². The fourth-order valence-corrected chi connectivity index (χ4v) is 9.82. The second kappa shape index (κ2) is 5.70. The number of hydrogen-bond acceptors (Lipinski definition) is 2. The Kier molecular flexibility index (Phi) is 4.31. The van der Waals surface area contributed by atoms with Crippen LogP contribution in [0.15, 0.2) is 30.3 Å². The molecule has 0 saturated heterocycles. The molecule has 3 heteroatoms. The molecule has 3 aliphatic rings. The normalized spacial score (nSPS) is 35.4. The summed E-state index contributed by atoms with van der Waals surface area (Å²) in [7, 11) is 0. The fraction of sp³-hybridized carbons (Fsp3) is 0.632. The summed E-state index contributed by atoms with van der Waals surface area (Å²) in [4.78, 5) is 12.7. The average Bonchev–Trinajstić information content (AvgIpc) is 2.53. The first-order chi connectivity index (χ1) is 10.3. The van der Waals surface area contributed by atoms with Crippen LogP contribution in [-0.4, -0.2) is 17.0 Å². The van der Waals surface area contributed by atoms with Crippen molar-refractivity contribution in [2.24, 2.45) is 23.2 Å². The first kappa shape index (κ1) is 16.6. The number of carbonyl (C=O) groups excluding carboxylic acids is 1. The second-order valence-corrected chi connectivity index (χ2v) is 13.2. The third-order valence-electron chi connectivity index (χ3n) is 6.66. The van der Waals surface area contributed by atoms with Gasteiger partial charge in [0.2, 0.25) is 0 Å². The Balaban J connectivity index is 1.81. The van der Waals surface area contributed by atoms with Crippen molar-refractivity contribution in [3.63, 3.8) is 0 Å². The first-order valence-corrected chi connectivity index (χ1v) is 11.2. The minimum absolute atomic E-state index is 0.0576. The maximum atomic E-state index is 12.7. The van der Waals surface area contributed by atoms with E-state index in [0.29, 0.717) is 37.5 Å². The molecule has 3 aliphatic carbocycles. The van der Waals surface area contributed by atoms with Crippen molar-refractivity contribution in [2.75, 3.05) is 0 Å². The SMILES string of the molecule is C[C@@H](C(=O)c1ccccc1)[C@@H](O)[C]1([Hg])CC[C@@H]2C[C@H]1C2(C)C. The van der Waals surface area contributed by atoms with Gasteiger partial charge in [-0.3, -0.25) is 0 Å². The van der Waals surface area contributed by atoms with Gasteiger partial charge < -0.3 is 0 Å². The predicted octanol–water partition coefficient (Wildman–Crippen LogP) is 4.03. The summed E-state index contributed by atoms with van der Waals surface area (Å²) in [5.74, 6) is 1.25. The fourth-order valence-electron chi connectivity index (χ4n) is 4.96. The molecule has 1 N–H and O–H groups in total. The molecule has 5 atom stereocenters. The quantitative estimate of drug-likeness (QED) is 0.516. The van der Waals surface area contributed by atoms with E-state index in [2.05, 4.69) is 13.8 Å². The Hall–Kier alpha value is -0.215. The molecule has 1 aromatic carbocycles. The van der Waals surface area contributed by atoms with Crippen LogP contribution in [0, 0.1) is 23.2 Å². The number of benzene rings is 1. The van der Waals surface area contributed by atoms with E-state index in [1.165, 1.54) is 12.8 Å². The van der Waals surface area contributed by atoms with Gasteiger partial charge >= 0.3 is 150 Å². The van der Waals surface area contributed by atoms with Gasteiger partial charge in [-0.1, -0.05) is 0 Å². The molecule has 1 unspecified atom stereocenters. The van der Waals surface area contributed by atoms with E-state index in [1.807, 2.05) is 37.3 Å². The third-order valence-corrected chi connectivity index (χ3v) is 11.6. The average molecular weight is 486 g/mol. The van der Waals surface area contributed by atoms with Gasteiger partial charge in [-0.25, -0.2) is 0 Å². The minimum atomic E-state index is -0.478. The van der Waals surface area contributed by atoms with E-state index in [0.717, 1.165) is 17.9 Å². The molecule has 3 saturated carbocycles. The summed E-state index contributed by atoms with van der Waals surface area (Å²) in [5.41, 5.74) is 1.09. The van der Waals surface area contributed by atoms with Crippen LogP contribution in [0.5, 0.6) is 0 Å². The molecular weight excluding hydrogens is 461 g/mol. The number of rotatable bonds is 4. The third kappa shape index (κ3) is 2.41. The number of Topliss-reactive ketones (excluding diaryl/α,β-unsaturated/α-hetero) is 1. The predicted molar refractivity (Wildman–Crippen MR) is 83.2 cm³/mol. The van der Waals surface area contributed by atoms with E-state index >= 15 is 0 Å². The standard InChI is InChI=1S/C19H25O2.Hg/c1-12(17(20)13-7-5-4-6-8-13)18(21)15-10-9-14-11-16(15)19(14,2)3;/h4-8,12,14,16,18,21H,9-11H2,1-3H3;/t12-,14+,16+,18+;/m0./s1.